The van der Waals surface area contributed by atoms with Gasteiger partial charge in [0.2, 0.25) is 0 Å². The Bertz CT molecular complexity index is 377. The number of aliphatic hydroxyl groups excluding tert-OH is 3. The largest absolute Gasteiger partial charge is 0.481 e. The highest BCUT2D eigenvalue weighted by Gasteiger charge is 2.44. The summed E-state index contributed by atoms with van der Waals surface area (Å²) >= 11 is 0. The van der Waals surface area contributed by atoms with Crippen molar-refractivity contribution in [3.05, 3.63) is 12.2 Å². The zero-order chi connectivity index (χ0) is 22.4. The summed E-state index contributed by atoms with van der Waals surface area (Å²) in [5.74, 6) is -1.88. The van der Waals surface area contributed by atoms with Gasteiger partial charge in [-0.1, -0.05) is 84.3 Å². The SMILES string of the molecule is CCC.CCCCCCCC/C=C\CCCCCC(CO)C(CO)(CO)C(=O)O. The highest BCUT2D eigenvalue weighted by molar-refractivity contribution is 5.75. The Kier molecular flexibility index (Phi) is 22.8. The average Bonchev–Trinajstić information content (AvgIpc) is 2.71. The number of aliphatic hydroxyl groups is 3. The lowest BCUT2D eigenvalue weighted by Gasteiger charge is -2.32. The van der Waals surface area contributed by atoms with Crippen molar-refractivity contribution in [1.82, 2.24) is 0 Å². The van der Waals surface area contributed by atoms with Crippen molar-refractivity contribution in [2.45, 2.75) is 104 Å². The van der Waals surface area contributed by atoms with Crippen LogP contribution in [0.5, 0.6) is 0 Å². The lowest BCUT2D eigenvalue weighted by Crippen LogP contribution is -2.46. The molecule has 4 N–H and O–H groups in total. The third-order valence-electron chi connectivity index (χ3n) is 5.31. The Balaban J connectivity index is 0. The van der Waals surface area contributed by atoms with Crippen molar-refractivity contribution in [3.63, 3.8) is 0 Å². The molecule has 0 heterocycles. The summed E-state index contributed by atoms with van der Waals surface area (Å²) in [7, 11) is 0. The monoisotopic (exact) mass is 416 g/mol. The molecule has 0 aliphatic rings. The number of hydrogen-bond acceptors (Lipinski definition) is 4. The molecule has 0 aromatic rings. The highest BCUT2D eigenvalue weighted by Crippen LogP contribution is 2.31. The molecule has 0 fully saturated rings. The van der Waals surface area contributed by atoms with E-state index in [4.69, 9.17) is 0 Å². The number of carboxylic acids is 1. The predicted octanol–water partition coefficient (Wildman–Crippen LogP) is 5.32. The Morgan fingerprint density at radius 2 is 1.24 bits per heavy atom. The van der Waals surface area contributed by atoms with E-state index in [-0.39, 0.29) is 6.61 Å². The fraction of sp³-hybridized carbons (Fsp3) is 0.875. The summed E-state index contributed by atoms with van der Waals surface area (Å²) in [6.45, 7) is 4.82. The zero-order valence-electron chi connectivity index (χ0n) is 19.2. The van der Waals surface area contributed by atoms with Gasteiger partial charge in [-0.05, 0) is 32.1 Å². The molecule has 0 saturated heterocycles. The van der Waals surface area contributed by atoms with Crippen LogP contribution in [-0.2, 0) is 4.79 Å². The Morgan fingerprint density at radius 1 is 0.793 bits per heavy atom. The van der Waals surface area contributed by atoms with Crippen LogP contribution in [0, 0.1) is 11.3 Å². The maximum atomic E-state index is 11.4. The zero-order valence-corrected chi connectivity index (χ0v) is 19.2. The molecule has 0 bridgehead atoms. The molecule has 0 rings (SSSR count). The van der Waals surface area contributed by atoms with E-state index >= 15 is 0 Å². The first-order valence-electron chi connectivity index (χ1n) is 11.7. The molecule has 29 heavy (non-hydrogen) atoms. The van der Waals surface area contributed by atoms with Crippen molar-refractivity contribution < 1.29 is 25.2 Å². The number of carboxylic acid groups (broad SMARTS) is 1. The van der Waals surface area contributed by atoms with Crippen molar-refractivity contribution >= 4 is 5.97 Å². The number of aliphatic carboxylic acids is 1. The van der Waals surface area contributed by atoms with Gasteiger partial charge in [-0.2, -0.15) is 0 Å². The predicted molar refractivity (Wildman–Crippen MR) is 121 cm³/mol. The first-order chi connectivity index (χ1) is 14.0. The van der Waals surface area contributed by atoms with Gasteiger partial charge in [-0.25, -0.2) is 0 Å². The van der Waals surface area contributed by atoms with Crippen LogP contribution in [0.4, 0.5) is 0 Å². The summed E-state index contributed by atoms with van der Waals surface area (Å²) in [5, 5.41) is 37.5. The fourth-order valence-corrected chi connectivity index (χ4v) is 3.27. The van der Waals surface area contributed by atoms with Gasteiger partial charge in [-0.15, -0.1) is 0 Å². The van der Waals surface area contributed by atoms with Gasteiger partial charge in [-0.3, -0.25) is 4.79 Å². The summed E-state index contributed by atoms with van der Waals surface area (Å²) in [6, 6.07) is 0. The van der Waals surface area contributed by atoms with Gasteiger partial charge in [0.05, 0.1) is 13.2 Å². The Morgan fingerprint density at radius 3 is 1.66 bits per heavy atom. The molecule has 0 aromatic carbocycles. The van der Waals surface area contributed by atoms with E-state index in [0.717, 1.165) is 32.1 Å². The van der Waals surface area contributed by atoms with Gasteiger partial charge >= 0.3 is 5.97 Å². The minimum Gasteiger partial charge on any atom is -0.481 e. The second-order valence-corrected chi connectivity index (χ2v) is 8.03. The number of rotatable bonds is 18. The molecule has 0 saturated carbocycles. The van der Waals surface area contributed by atoms with Gasteiger partial charge < -0.3 is 20.4 Å². The number of unbranched alkanes of at least 4 members (excludes halogenated alkanes) is 9. The van der Waals surface area contributed by atoms with E-state index in [1.54, 1.807) is 0 Å². The topological polar surface area (TPSA) is 98.0 Å². The molecule has 5 nitrogen and oxygen atoms in total. The van der Waals surface area contributed by atoms with Gasteiger partial charge in [0.1, 0.15) is 5.41 Å². The maximum Gasteiger partial charge on any atom is 0.314 e. The first kappa shape index (κ1) is 30.3. The summed E-state index contributed by atoms with van der Waals surface area (Å²) in [5.41, 5.74) is -1.65. The molecule has 1 atom stereocenters. The van der Waals surface area contributed by atoms with Crippen LogP contribution in [-0.4, -0.2) is 46.2 Å². The van der Waals surface area contributed by atoms with Crippen LogP contribution in [0.1, 0.15) is 104 Å². The molecule has 0 radical (unpaired) electrons. The molecular weight excluding hydrogens is 368 g/mol. The first-order valence-corrected chi connectivity index (χ1v) is 11.7. The lowest BCUT2D eigenvalue weighted by molar-refractivity contribution is -0.162. The van der Waals surface area contributed by atoms with Crippen LogP contribution < -0.4 is 0 Å². The van der Waals surface area contributed by atoms with Crippen LogP contribution >= 0.6 is 0 Å². The van der Waals surface area contributed by atoms with Crippen LogP contribution in [0.2, 0.25) is 0 Å². The standard InChI is InChI=1S/C21H40O5.C3H8/c1-2-3-4-5-6-7-8-9-10-11-12-13-14-15-19(16-22)21(17-23,18-24)20(25)26;1-3-2/h9-10,19,22-24H,2-8,11-18H2,1H3,(H,25,26);3H2,1-2H3/b10-9-;. The van der Waals surface area contributed by atoms with E-state index in [1.165, 1.54) is 44.9 Å². The van der Waals surface area contributed by atoms with Gasteiger partial charge in [0.25, 0.3) is 0 Å². The molecular formula is C24H48O5. The van der Waals surface area contributed by atoms with Crippen molar-refractivity contribution in [2.24, 2.45) is 11.3 Å². The second kappa shape index (κ2) is 21.8. The average molecular weight is 417 g/mol. The van der Waals surface area contributed by atoms with E-state index < -0.39 is 30.5 Å². The molecule has 0 aromatic heterocycles. The molecule has 174 valence electrons. The van der Waals surface area contributed by atoms with E-state index in [0.29, 0.717) is 6.42 Å². The van der Waals surface area contributed by atoms with Crippen LogP contribution in [0.15, 0.2) is 12.2 Å². The molecule has 1 unspecified atom stereocenters. The van der Waals surface area contributed by atoms with Gasteiger partial charge in [0.15, 0.2) is 0 Å². The minimum absolute atomic E-state index is 0.342. The lowest BCUT2D eigenvalue weighted by atomic mass is 9.74. The summed E-state index contributed by atoms with van der Waals surface area (Å²) in [4.78, 5) is 11.4. The Labute approximate surface area is 179 Å². The van der Waals surface area contributed by atoms with E-state index in [1.807, 2.05) is 0 Å². The second-order valence-electron chi connectivity index (χ2n) is 8.03. The highest BCUT2D eigenvalue weighted by atomic mass is 16.4. The Hall–Kier alpha value is -0.910. The summed E-state index contributed by atoms with van der Waals surface area (Å²) < 4.78 is 0. The van der Waals surface area contributed by atoms with Crippen LogP contribution in [0.25, 0.3) is 0 Å². The maximum absolute atomic E-state index is 11.4. The third-order valence-corrected chi connectivity index (χ3v) is 5.31. The van der Waals surface area contributed by atoms with Crippen molar-refractivity contribution in [1.29, 1.82) is 0 Å². The van der Waals surface area contributed by atoms with Crippen LogP contribution in [0.3, 0.4) is 0 Å². The molecule has 0 aliphatic heterocycles. The van der Waals surface area contributed by atoms with Gasteiger partial charge in [0, 0.05) is 12.5 Å². The molecule has 0 aliphatic carbocycles. The van der Waals surface area contributed by atoms with E-state index in [2.05, 4.69) is 32.9 Å². The molecule has 5 heteroatoms. The number of hydrogen-bond donors (Lipinski definition) is 4. The fourth-order valence-electron chi connectivity index (χ4n) is 3.27. The number of carbonyl (C=O) groups is 1. The molecule has 0 amide bonds. The number of allylic oxidation sites excluding steroid dienone is 2. The van der Waals surface area contributed by atoms with E-state index in [9.17, 15) is 25.2 Å². The quantitative estimate of drug-likeness (QED) is 0.179. The minimum atomic E-state index is -1.65. The molecule has 0 spiro atoms. The van der Waals surface area contributed by atoms with Crippen molar-refractivity contribution in [3.8, 4) is 0 Å². The third kappa shape index (κ3) is 14.7. The van der Waals surface area contributed by atoms with Crippen molar-refractivity contribution in [2.75, 3.05) is 19.8 Å². The summed E-state index contributed by atoms with van der Waals surface area (Å²) in [6.07, 6.45) is 19.0. The normalized spacial score (nSPS) is 12.6. The smallest absolute Gasteiger partial charge is 0.314 e.